The van der Waals surface area contributed by atoms with Crippen molar-refractivity contribution in [2.75, 3.05) is 11.1 Å². The molecule has 0 saturated carbocycles. The Morgan fingerprint density at radius 3 is 2.43 bits per heavy atom. The zero-order valence-corrected chi connectivity index (χ0v) is 18.1. The number of carbonyl (C=O) groups is 1. The average Bonchev–Trinajstić information content (AvgIpc) is 3.14. The summed E-state index contributed by atoms with van der Waals surface area (Å²) in [4.78, 5) is 16.7. The number of anilines is 1. The van der Waals surface area contributed by atoms with E-state index in [1.54, 1.807) is 47.9 Å². The second kappa shape index (κ2) is 9.32. The molecule has 8 heteroatoms. The predicted octanol–water partition coefficient (Wildman–Crippen LogP) is 5.03. The molecule has 0 saturated heterocycles. The lowest BCUT2D eigenvalue weighted by Crippen LogP contribution is -2.11. The quantitative estimate of drug-likeness (QED) is 0.519. The fraction of sp³-hybridized carbons (Fsp3) is 0.182. The number of hydrogen-bond donors (Lipinski definition) is 1. The first-order valence-corrected chi connectivity index (χ1v) is 11.8. The Bertz CT molecular complexity index is 1150. The number of nitrogens with zero attached hydrogens (tertiary/aromatic N) is 1. The molecule has 0 aliphatic carbocycles. The lowest BCUT2D eigenvalue weighted by atomic mass is 10.2. The largest absolute Gasteiger partial charge is 0.298 e. The first kappa shape index (κ1) is 21.9. The molecule has 0 fully saturated rings. The lowest BCUT2D eigenvalue weighted by molar-refractivity contribution is -0.111. The molecule has 3 rings (SSSR count). The Labute approximate surface area is 179 Å². The summed E-state index contributed by atoms with van der Waals surface area (Å²) in [6.45, 7) is 3.72. The van der Waals surface area contributed by atoms with E-state index >= 15 is 0 Å². The lowest BCUT2D eigenvalue weighted by Gasteiger charge is -2.07. The maximum absolute atomic E-state index is 13.0. The van der Waals surface area contributed by atoms with Crippen molar-refractivity contribution in [3.8, 4) is 11.3 Å². The van der Waals surface area contributed by atoms with E-state index in [-0.39, 0.29) is 28.3 Å². The molecular weight excluding hydrogens is 423 g/mol. The van der Waals surface area contributed by atoms with Gasteiger partial charge in [-0.05, 0) is 54.0 Å². The van der Waals surface area contributed by atoms with E-state index < -0.39 is 9.84 Å². The van der Waals surface area contributed by atoms with Gasteiger partial charge in [-0.3, -0.25) is 10.1 Å². The normalized spacial score (nSPS) is 11.9. The molecule has 1 heterocycles. The summed E-state index contributed by atoms with van der Waals surface area (Å²) in [5, 5.41) is 4.89. The van der Waals surface area contributed by atoms with Crippen LogP contribution in [0.25, 0.3) is 17.3 Å². The summed E-state index contributed by atoms with van der Waals surface area (Å²) in [5.41, 5.74) is 2.12. The van der Waals surface area contributed by atoms with Gasteiger partial charge in [0.1, 0.15) is 5.82 Å². The number of thiazole rings is 1. The van der Waals surface area contributed by atoms with Crippen molar-refractivity contribution in [3.63, 3.8) is 0 Å². The highest BCUT2D eigenvalue weighted by Crippen LogP contribution is 2.25. The summed E-state index contributed by atoms with van der Waals surface area (Å²) in [6.07, 6.45) is 2.96. The van der Waals surface area contributed by atoms with Crippen LogP contribution in [0.1, 0.15) is 19.4 Å². The highest BCUT2D eigenvalue weighted by Gasteiger charge is 2.15. The van der Waals surface area contributed by atoms with E-state index in [0.29, 0.717) is 16.4 Å². The highest BCUT2D eigenvalue weighted by atomic mass is 32.2. The van der Waals surface area contributed by atoms with Crippen LogP contribution in [0.15, 0.2) is 64.9 Å². The molecule has 30 heavy (non-hydrogen) atoms. The summed E-state index contributed by atoms with van der Waals surface area (Å²) in [7, 11) is -3.30. The third-order valence-electron chi connectivity index (χ3n) is 4.09. The molecular formula is C22H21FN2O3S2. The number of amides is 1. The van der Waals surface area contributed by atoms with E-state index in [0.717, 1.165) is 5.56 Å². The van der Waals surface area contributed by atoms with Crippen molar-refractivity contribution in [3.05, 3.63) is 71.4 Å². The van der Waals surface area contributed by atoms with Gasteiger partial charge in [0.15, 0.2) is 15.0 Å². The topological polar surface area (TPSA) is 76.1 Å². The van der Waals surface area contributed by atoms with Gasteiger partial charge in [-0.15, -0.1) is 11.3 Å². The molecule has 0 aliphatic heterocycles. The van der Waals surface area contributed by atoms with Crippen LogP contribution >= 0.6 is 11.3 Å². The fourth-order valence-electron chi connectivity index (χ4n) is 2.72. The van der Waals surface area contributed by atoms with Crippen LogP contribution in [0.2, 0.25) is 0 Å². The standard InChI is InChI=1S/C22H21FN2O3S2/c1-15(2)14-30(27,28)19-10-3-16(4-11-19)5-12-21(26)25-22-24-20(13-29-22)17-6-8-18(23)9-7-17/h3-13,15H,14H2,1-2H3,(H,24,25,26). The Morgan fingerprint density at radius 1 is 1.13 bits per heavy atom. The molecule has 1 aromatic heterocycles. The van der Waals surface area contributed by atoms with Gasteiger partial charge in [0.2, 0.25) is 5.91 Å². The Balaban J connectivity index is 1.62. The zero-order valence-electron chi connectivity index (χ0n) is 16.5. The van der Waals surface area contributed by atoms with Crippen LogP contribution in [0, 0.1) is 11.7 Å². The van der Waals surface area contributed by atoms with Gasteiger partial charge in [-0.1, -0.05) is 26.0 Å². The van der Waals surface area contributed by atoms with Crippen LogP contribution in [-0.4, -0.2) is 25.1 Å². The Hall–Kier alpha value is -2.84. The predicted molar refractivity (Wildman–Crippen MR) is 119 cm³/mol. The molecule has 0 radical (unpaired) electrons. The third kappa shape index (κ3) is 5.84. The van der Waals surface area contributed by atoms with Crippen molar-refractivity contribution in [2.45, 2.75) is 18.7 Å². The van der Waals surface area contributed by atoms with Crippen molar-refractivity contribution >= 4 is 38.3 Å². The van der Waals surface area contributed by atoms with Gasteiger partial charge in [-0.2, -0.15) is 0 Å². The van der Waals surface area contributed by atoms with Gasteiger partial charge in [0.05, 0.1) is 16.3 Å². The minimum atomic E-state index is -3.30. The number of carbonyl (C=O) groups excluding carboxylic acids is 1. The third-order valence-corrected chi connectivity index (χ3v) is 6.95. The van der Waals surface area contributed by atoms with Crippen LogP contribution in [0.5, 0.6) is 0 Å². The maximum atomic E-state index is 13.0. The summed E-state index contributed by atoms with van der Waals surface area (Å²) in [6, 6.07) is 12.4. The number of nitrogens with one attached hydrogen (secondary N) is 1. The van der Waals surface area contributed by atoms with E-state index in [1.807, 2.05) is 13.8 Å². The average molecular weight is 445 g/mol. The number of aromatic nitrogens is 1. The number of halogens is 1. The van der Waals surface area contributed by atoms with E-state index in [1.165, 1.54) is 29.5 Å². The first-order valence-electron chi connectivity index (χ1n) is 9.26. The van der Waals surface area contributed by atoms with Crippen molar-refractivity contribution < 1.29 is 17.6 Å². The second-order valence-electron chi connectivity index (χ2n) is 7.11. The van der Waals surface area contributed by atoms with Crippen LogP contribution in [0.4, 0.5) is 9.52 Å². The maximum Gasteiger partial charge on any atom is 0.250 e. The van der Waals surface area contributed by atoms with Gasteiger partial charge < -0.3 is 0 Å². The van der Waals surface area contributed by atoms with Crippen LogP contribution < -0.4 is 5.32 Å². The molecule has 1 N–H and O–H groups in total. The van der Waals surface area contributed by atoms with E-state index in [9.17, 15) is 17.6 Å². The van der Waals surface area contributed by atoms with Crippen LogP contribution in [-0.2, 0) is 14.6 Å². The monoisotopic (exact) mass is 444 g/mol. The number of rotatable bonds is 7. The van der Waals surface area contributed by atoms with E-state index in [4.69, 9.17) is 0 Å². The van der Waals surface area contributed by atoms with Gasteiger partial charge in [0, 0.05) is 17.0 Å². The molecule has 0 bridgehead atoms. The van der Waals surface area contributed by atoms with Crippen LogP contribution in [0.3, 0.4) is 0 Å². The molecule has 5 nitrogen and oxygen atoms in total. The minimum Gasteiger partial charge on any atom is -0.298 e. The summed E-state index contributed by atoms with van der Waals surface area (Å²) >= 11 is 1.27. The molecule has 0 unspecified atom stereocenters. The number of hydrogen-bond acceptors (Lipinski definition) is 5. The van der Waals surface area contributed by atoms with Crippen molar-refractivity contribution in [1.82, 2.24) is 4.98 Å². The van der Waals surface area contributed by atoms with Crippen molar-refractivity contribution in [1.29, 1.82) is 0 Å². The molecule has 0 atom stereocenters. The van der Waals surface area contributed by atoms with E-state index in [2.05, 4.69) is 10.3 Å². The Kier molecular flexibility index (Phi) is 6.79. The molecule has 3 aromatic rings. The van der Waals surface area contributed by atoms with Crippen molar-refractivity contribution in [2.24, 2.45) is 5.92 Å². The minimum absolute atomic E-state index is 0.0488. The SMILES string of the molecule is CC(C)CS(=O)(=O)c1ccc(C=CC(=O)Nc2nc(-c3ccc(F)cc3)cs2)cc1. The number of sulfone groups is 1. The molecule has 0 aliphatic rings. The van der Waals surface area contributed by atoms with Gasteiger partial charge >= 0.3 is 0 Å². The first-order chi connectivity index (χ1) is 14.2. The van der Waals surface area contributed by atoms with Gasteiger partial charge in [-0.25, -0.2) is 17.8 Å². The second-order valence-corrected chi connectivity index (χ2v) is 10.0. The smallest absolute Gasteiger partial charge is 0.250 e. The summed E-state index contributed by atoms with van der Waals surface area (Å²) < 4.78 is 37.5. The zero-order chi connectivity index (χ0) is 21.7. The molecule has 1 amide bonds. The fourth-order valence-corrected chi connectivity index (χ4v) is 5.07. The molecule has 0 spiro atoms. The Morgan fingerprint density at radius 2 is 1.80 bits per heavy atom. The summed E-state index contributed by atoms with van der Waals surface area (Å²) in [5.74, 6) is -0.532. The number of benzene rings is 2. The highest BCUT2D eigenvalue weighted by molar-refractivity contribution is 7.91. The molecule has 2 aromatic carbocycles. The molecule has 156 valence electrons. The van der Waals surface area contributed by atoms with Gasteiger partial charge in [0.25, 0.3) is 0 Å².